The molecule has 0 saturated heterocycles. The standard InChI is InChI=1S/C10H13NO2S/c1-3-9-13-14(12,11-2)10-7-5-4-6-8-10/h3-8H,1,9H2,2H3/i9D. The maximum atomic E-state index is 12.2. The normalized spacial score (nSPS) is 17.6. The molecule has 0 aliphatic carbocycles. The monoisotopic (exact) mass is 212 g/mol. The van der Waals surface area contributed by atoms with Crippen molar-refractivity contribution in [2.45, 2.75) is 4.90 Å². The van der Waals surface area contributed by atoms with E-state index in [1.54, 1.807) is 24.3 Å². The van der Waals surface area contributed by atoms with E-state index in [-0.39, 0.29) is 0 Å². The summed E-state index contributed by atoms with van der Waals surface area (Å²) in [5, 5.41) is 0. The summed E-state index contributed by atoms with van der Waals surface area (Å²) in [5.74, 6) is 0. The third-order valence-corrected chi connectivity index (χ3v) is 3.28. The summed E-state index contributed by atoms with van der Waals surface area (Å²) in [7, 11) is -1.54. The minimum absolute atomic E-state index is 0.464. The third kappa shape index (κ3) is 2.43. The van der Waals surface area contributed by atoms with Crippen LogP contribution in [0.1, 0.15) is 1.37 Å². The highest BCUT2D eigenvalue weighted by Gasteiger charge is 2.10. The van der Waals surface area contributed by atoms with Crippen LogP contribution in [0.5, 0.6) is 0 Å². The molecule has 3 nitrogen and oxygen atoms in total. The Bertz CT molecular complexity index is 438. The molecule has 1 aromatic rings. The van der Waals surface area contributed by atoms with Crippen molar-refractivity contribution in [1.82, 2.24) is 0 Å². The lowest BCUT2D eigenvalue weighted by molar-refractivity contribution is 0.387. The summed E-state index contributed by atoms with van der Waals surface area (Å²) in [5.41, 5.74) is 0. The van der Waals surface area contributed by atoms with Gasteiger partial charge in [0, 0.05) is 7.05 Å². The third-order valence-electron chi connectivity index (χ3n) is 1.56. The summed E-state index contributed by atoms with van der Waals surface area (Å²) in [4.78, 5) is 0.464. The Kier molecular flexibility index (Phi) is 3.32. The van der Waals surface area contributed by atoms with Crippen LogP contribution in [0.15, 0.2) is 52.2 Å². The number of hydrogen-bond donors (Lipinski definition) is 0. The highest BCUT2D eigenvalue weighted by Crippen LogP contribution is 2.13. The van der Waals surface area contributed by atoms with Gasteiger partial charge in [-0.25, -0.2) is 8.57 Å². The lowest BCUT2D eigenvalue weighted by Gasteiger charge is -2.07. The molecule has 1 rings (SSSR count). The SMILES string of the molecule is [2H]C(C=C)OS(=O)(=NC)c1ccccc1. The van der Waals surface area contributed by atoms with Gasteiger partial charge in [-0.05, 0) is 12.1 Å². The molecule has 14 heavy (non-hydrogen) atoms. The van der Waals surface area contributed by atoms with Crippen molar-refractivity contribution >= 4 is 10.0 Å². The van der Waals surface area contributed by atoms with Crippen molar-refractivity contribution in [3.63, 3.8) is 0 Å². The second kappa shape index (κ2) is 4.93. The molecule has 0 saturated carbocycles. The summed E-state index contributed by atoms with van der Waals surface area (Å²) in [6.45, 7) is 2.35. The van der Waals surface area contributed by atoms with Gasteiger partial charge >= 0.3 is 0 Å². The van der Waals surface area contributed by atoms with E-state index in [1.165, 1.54) is 13.1 Å². The van der Waals surface area contributed by atoms with E-state index in [0.717, 1.165) is 0 Å². The molecule has 0 fully saturated rings. The van der Waals surface area contributed by atoms with E-state index in [2.05, 4.69) is 10.9 Å². The van der Waals surface area contributed by atoms with Gasteiger partial charge < -0.3 is 0 Å². The number of hydrogen-bond acceptors (Lipinski definition) is 3. The summed E-state index contributed by atoms with van der Waals surface area (Å²) >= 11 is 0. The van der Waals surface area contributed by atoms with Gasteiger partial charge in [0.05, 0.1) is 12.8 Å². The first-order valence-corrected chi connectivity index (χ1v) is 5.50. The van der Waals surface area contributed by atoms with Gasteiger partial charge in [-0.3, -0.25) is 4.18 Å². The van der Waals surface area contributed by atoms with Crippen LogP contribution in [0.3, 0.4) is 0 Å². The second-order valence-corrected chi connectivity index (χ2v) is 4.42. The van der Waals surface area contributed by atoms with Crippen LogP contribution in [-0.2, 0) is 14.2 Å². The molecule has 4 heteroatoms. The van der Waals surface area contributed by atoms with E-state index >= 15 is 0 Å². The van der Waals surface area contributed by atoms with Gasteiger partial charge in [0.25, 0.3) is 0 Å². The molecule has 0 spiro atoms. The van der Waals surface area contributed by atoms with Crippen molar-refractivity contribution in [2.24, 2.45) is 4.36 Å². The second-order valence-electron chi connectivity index (χ2n) is 2.44. The largest absolute Gasteiger partial charge is 0.277 e. The highest BCUT2D eigenvalue weighted by molar-refractivity contribution is 7.89. The Labute approximate surface area is 86.2 Å². The molecule has 0 aromatic heterocycles. The van der Waals surface area contributed by atoms with Crippen LogP contribution in [0, 0.1) is 0 Å². The van der Waals surface area contributed by atoms with Crippen LogP contribution in [-0.4, -0.2) is 17.8 Å². The molecule has 2 unspecified atom stereocenters. The first-order valence-electron chi connectivity index (χ1n) is 4.63. The smallest absolute Gasteiger partial charge is 0.193 e. The predicted octanol–water partition coefficient (Wildman–Crippen LogP) is 2.26. The first-order chi connectivity index (χ1) is 7.12. The zero-order chi connectivity index (χ0) is 11.3. The van der Waals surface area contributed by atoms with Crippen molar-refractivity contribution in [3.05, 3.63) is 43.0 Å². The fraction of sp³-hybridized carbons (Fsp3) is 0.200. The Balaban J connectivity index is 3.08. The molecular weight excluding hydrogens is 198 g/mol. The van der Waals surface area contributed by atoms with Crippen molar-refractivity contribution in [3.8, 4) is 0 Å². The highest BCUT2D eigenvalue weighted by atomic mass is 32.2. The minimum Gasteiger partial charge on any atom is -0.277 e. The van der Waals surface area contributed by atoms with Gasteiger partial charge in [-0.15, -0.1) is 6.58 Å². The van der Waals surface area contributed by atoms with Crippen LogP contribution in [0.2, 0.25) is 0 Å². The predicted molar refractivity (Wildman–Crippen MR) is 57.4 cm³/mol. The molecule has 0 N–H and O–H groups in total. The maximum absolute atomic E-state index is 12.2. The van der Waals surface area contributed by atoms with Crippen molar-refractivity contribution in [2.75, 3.05) is 13.6 Å². The van der Waals surface area contributed by atoms with Crippen LogP contribution < -0.4 is 0 Å². The molecule has 0 radical (unpaired) electrons. The molecule has 2 atom stereocenters. The van der Waals surface area contributed by atoms with Gasteiger partial charge in [-0.2, -0.15) is 0 Å². The fourth-order valence-corrected chi connectivity index (χ4v) is 2.05. The van der Waals surface area contributed by atoms with E-state index < -0.39 is 16.6 Å². The summed E-state index contributed by atoms with van der Waals surface area (Å²) in [6, 6.07) is 8.62. The average molecular weight is 212 g/mol. The van der Waals surface area contributed by atoms with Crippen LogP contribution >= 0.6 is 0 Å². The Morgan fingerprint density at radius 2 is 2.29 bits per heavy atom. The van der Waals surface area contributed by atoms with Crippen molar-refractivity contribution in [1.29, 1.82) is 0 Å². The molecule has 1 aromatic carbocycles. The van der Waals surface area contributed by atoms with Gasteiger partial charge in [0.1, 0.15) is 0 Å². The molecule has 0 bridgehead atoms. The zero-order valence-electron chi connectivity index (χ0n) is 8.92. The van der Waals surface area contributed by atoms with E-state index in [1.807, 2.05) is 6.07 Å². The lowest BCUT2D eigenvalue weighted by atomic mass is 10.4. The minimum atomic E-state index is -2.95. The Morgan fingerprint density at radius 3 is 2.79 bits per heavy atom. The molecule has 76 valence electrons. The maximum Gasteiger partial charge on any atom is 0.193 e. The van der Waals surface area contributed by atoms with Gasteiger partial charge in [-0.1, -0.05) is 24.3 Å². The number of benzene rings is 1. The lowest BCUT2D eigenvalue weighted by Crippen LogP contribution is -2.05. The first kappa shape index (κ1) is 9.43. The number of nitrogens with zero attached hydrogens (tertiary/aromatic N) is 1. The fourth-order valence-electron chi connectivity index (χ4n) is 0.911. The Hall–Kier alpha value is -1.13. The van der Waals surface area contributed by atoms with Crippen molar-refractivity contribution < 1.29 is 9.76 Å². The molecular formula is C10H13NO2S. The summed E-state index contributed by atoms with van der Waals surface area (Å²) < 4.78 is 28.3. The van der Waals surface area contributed by atoms with E-state index in [4.69, 9.17) is 5.55 Å². The topological polar surface area (TPSA) is 38.7 Å². The van der Waals surface area contributed by atoms with E-state index in [9.17, 15) is 4.21 Å². The molecule has 0 aliphatic rings. The van der Waals surface area contributed by atoms with E-state index in [0.29, 0.717) is 4.90 Å². The average Bonchev–Trinajstić information content (AvgIpc) is 2.30. The molecule has 0 amide bonds. The zero-order valence-corrected chi connectivity index (χ0v) is 8.74. The van der Waals surface area contributed by atoms with Crippen LogP contribution in [0.25, 0.3) is 0 Å². The molecule has 0 aliphatic heterocycles. The molecule has 0 heterocycles. The number of rotatable bonds is 4. The van der Waals surface area contributed by atoms with Gasteiger partial charge in [0.2, 0.25) is 0 Å². The quantitative estimate of drug-likeness (QED) is 0.718. The summed E-state index contributed by atoms with van der Waals surface area (Å²) in [6.07, 6.45) is 1.26. The van der Waals surface area contributed by atoms with Crippen LogP contribution in [0.4, 0.5) is 0 Å². The van der Waals surface area contributed by atoms with Gasteiger partial charge in [0.15, 0.2) is 10.0 Å². The Morgan fingerprint density at radius 1 is 1.64 bits per heavy atom.